The molecular weight excluding hydrogens is 274 g/mol. The summed E-state index contributed by atoms with van der Waals surface area (Å²) < 4.78 is 23.4. The third-order valence-electron chi connectivity index (χ3n) is 2.98. The van der Waals surface area contributed by atoms with E-state index in [-0.39, 0.29) is 10.6 Å². The third-order valence-corrected chi connectivity index (χ3v) is 4.13. The van der Waals surface area contributed by atoms with E-state index in [0.29, 0.717) is 12.2 Å². The topological polar surface area (TPSA) is 76.3 Å². The van der Waals surface area contributed by atoms with Crippen LogP contribution in [0.5, 0.6) is 0 Å². The Labute approximate surface area is 119 Å². The average molecular weight is 291 g/mol. The molecule has 6 heteroatoms. The van der Waals surface area contributed by atoms with Crippen molar-refractivity contribution in [3.63, 3.8) is 0 Å². The van der Waals surface area contributed by atoms with E-state index in [2.05, 4.69) is 4.98 Å². The Morgan fingerprint density at radius 2 is 1.95 bits per heavy atom. The largest absolute Gasteiger partial charge is 0.396 e. The van der Waals surface area contributed by atoms with Gasteiger partial charge in [-0.05, 0) is 24.3 Å². The van der Waals surface area contributed by atoms with Gasteiger partial charge in [0.05, 0.1) is 28.5 Å². The van der Waals surface area contributed by atoms with Gasteiger partial charge in [-0.1, -0.05) is 12.1 Å². The molecule has 0 saturated heterocycles. The molecule has 1 aromatic heterocycles. The maximum absolute atomic E-state index is 11.7. The number of nitrogens with two attached hydrogens (primary N) is 1. The van der Waals surface area contributed by atoms with Gasteiger partial charge in [-0.25, -0.2) is 8.42 Å². The molecule has 0 unspecified atom stereocenters. The normalized spacial score (nSPS) is 11.3. The summed E-state index contributed by atoms with van der Waals surface area (Å²) in [7, 11) is -1.48. The molecule has 2 rings (SSSR count). The summed E-state index contributed by atoms with van der Waals surface area (Å²) in [6.07, 6.45) is 2.88. The average Bonchev–Trinajstić information content (AvgIpc) is 2.38. The molecule has 0 aliphatic carbocycles. The number of nitrogens with zero attached hydrogens (tertiary/aromatic N) is 2. The first kappa shape index (κ1) is 14.3. The molecule has 5 nitrogen and oxygen atoms in total. The molecule has 0 aliphatic heterocycles. The number of hydrogen-bond acceptors (Lipinski definition) is 5. The van der Waals surface area contributed by atoms with Crippen LogP contribution in [0.15, 0.2) is 47.5 Å². The molecule has 0 atom stereocenters. The van der Waals surface area contributed by atoms with Crippen molar-refractivity contribution in [3.05, 3.63) is 48.3 Å². The molecule has 0 amide bonds. The summed E-state index contributed by atoms with van der Waals surface area (Å²) in [5.41, 5.74) is 7.82. The molecule has 2 N–H and O–H groups in total. The van der Waals surface area contributed by atoms with Crippen LogP contribution < -0.4 is 10.6 Å². The van der Waals surface area contributed by atoms with Crippen LogP contribution in [0.3, 0.4) is 0 Å². The van der Waals surface area contributed by atoms with Crippen LogP contribution in [0.25, 0.3) is 0 Å². The van der Waals surface area contributed by atoms with Crippen molar-refractivity contribution in [2.24, 2.45) is 0 Å². The molecule has 0 radical (unpaired) electrons. The van der Waals surface area contributed by atoms with Gasteiger partial charge in [-0.2, -0.15) is 0 Å². The molecule has 0 saturated carbocycles. The molecule has 2 aromatic rings. The van der Waals surface area contributed by atoms with Crippen molar-refractivity contribution in [1.82, 2.24) is 4.98 Å². The highest BCUT2D eigenvalue weighted by molar-refractivity contribution is 7.90. The second-order valence-corrected chi connectivity index (χ2v) is 6.62. The van der Waals surface area contributed by atoms with Gasteiger partial charge >= 0.3 is 0 Å². The van der Waals surface area contributed by atoms with Crippen LogP contribution in [0.2, 0.25) is 0 Å². The highest BCUT2D eigenvalue weighted by atomic mass is 32.2. The fourth-order valence-electron chi connectivity index (χ4n) is 2.01. The van der Waals surface area contributed by atoms with Crippen molar-refractivity contribution in [2.45, 2.75) is 11.4 Å². The lowest BCUT2D eigenvalue weighted by molar-refractivity contribution is 0.602. The quantitative estimate of drug-likeness (QED) is 0.868. The van der Waals surface area contributed by atoms with E-state index in [1.807, 2.05) is 30.1 Å². The Kier molecular flexibility index (Phi) is 3.94. The zero-order chi connectivity index (χ0) is 14.8. The second-order valence-electron chi connectivity index (χ2n) is 4.64. The van der Waals surface area contributed by atoms with Gasteiger partial charge in [0, 0.05) is 19.5 Å². The lowest BCUT2D eigenvalue weighted by Crippen LogP contribution is -2.19. The van der Waals surface area contributed by atoms with Crippen LogP contribution in [-0.2, 0) is 16.4 Å². The van der Waals surface area contributed by atoms with Gasteiger partial charge in [0.2, 0.25) is 0 Å². The van der Waals surface area contributed by atoms with Crippen LogP contribution in [0.4, 0.5) is 11.4 Å². The fraction of sp³-hybridized carbons (Fsp3) is 0.214. The molecule has 20 heavy (non-hydrogen) atoms. The van der Waals surface area contributed by atoms with E-state index in [9.17, 15) is 8.42 Å². The number of anilines is 2. The van der Waals surface area contributed by atoms with Crippen LogP contribution in [0, 0.1) is 0 Å². The van der Waals surface area contributed by atoms with Crippen molar-refractivity contribution in [1.29, 1.82) is 0 Å². The Hall–Kier alpha value is -2.08. The predicted octanol–water partition coefficient (Wildman–Crippen LogP) is 1.70. The lowest BCUT2D eigenvalue weighted by atomic mass is 10.2. The molecule has 0 aliphatic rings. The van der Waals surface area contributed by atoms with Crippen molar-refractivity contribution in [3.8, 4) is 0 Å². The Bertz CT molecular complexity index is 700. The van der Waals surface area contributed by atoms with E-state index in [1.165, 1.54) is 6.07 Å². The summed E-state index contributed by atoms with van der Waals surface area (Å²) in [5.74, 6) is 0. The summed E-state index contributed by atoms with van der Waals surface area (Å²) in [4.78, 5) is 6.28. The molecule has 1 heterocycles. The van der Waals surface area contributed by atoms with E-state index in [4.69, 9.17) is 5.73 Å². The lowest BCUT2D eigenvalue weighted by Gasteiger charge is -2.21. The number of aromatic nitrogens is 1. The first-order valence-corrected chi connectivity index (χ1v) is 7.98. The Morgan fingerprint density at radius 3 is 2.55 bits per heavy atom. The summed E-state index contributed by atoms with van der Waals surface area (Å²) in [5, 5.41) is 0. The van der Waals surface area contributed by atoms with Gasteiger partial charge in [0.25, 0.3) is 0 Å². The van der Waals surface area contributed by atoms with Gasteiger partial charge in [-0.15, -0.1) is 0 Å². The van der Waals surface area contributed by atoms with Gasteiger partial charge < -0.3 is 10.6 Å². The standard InChI is InChI=1S/C14H17N3O2S/c1-17(10-11-6-3-4-9-16-11)12-7-5-8-13(14(12)15)20(2,18)19/h3-9H,10,15H2,1-2H3. The minimum absolute atomic E-state index is 0.155. The fourth-order valence-corrected chi connectivity index (χ4v) is 2.84. The maximum Gasteiger partial charge on any atom is 0.177 e. The number of para-hydroxylation sites is 1. The molecular formula is C14H17N3O2S. The molecule has 0 fully saturated rings. The molecule has 1 aromatic carbocycles. The number of benzene rings is 1. The third kappa shape index (κ3) is 3.08. The minimum Gasteiger partial charge on any atom is -0.396 e. The number of rotatable bonds is 4. The summed E-state index contributed by atoms with van der Waals surface area (Å²) in [6.45, 7) is 0.554. The minimum atomic E-state index is -3.33. The first-order valence-electron chi connectivity index (χ1n) is 6.09. The van der Waals surface area contributed by atoms with Crippen LogP contribution in [-0.4, -0.2) is 26.7 Å². The van der Waals surface area contributed by atoms with E-state index < -0.39 is 9.84 Å². The predicted molar refractivity (Wildman–Crippen MR) is 80.3 cm³/mol. The first-order chi connectivity index (χ1) is 9.39. The molecule has 106 valence electrons. The maximum atomic E-state index is 11.7. The van der Waals surface area contributed by atoms with Crippen LogP contribution in [0.1, 0.15) is 5.69 Å². The zero-order valence-electron chi connectivity index (χ0n) is 11.4. The van der Waals surface area contributed by atoms with E-state index in [1.54, 1.807) is 18.3 Å². The monoisotopic (exact) mass is 291 g/mol. The van der Waals surface area contributed by atoms with Crippen molar-refractivity contribution >= 4 is 21.2 Å². The van der Waals surface area contributed by atoms with Gasteiger partial charge in [0.1, 0.15) is 0 Å². The Morgan fingerprint density at radius 1 is 1.20 bits per heavy atom. The smallest absolute Gasteiger partial charge is 0.177 e. The van der Waals surface area contributed by atoms with E-state index >= 15 is 0 Å². The number of sulfone groups is 1. The summed E-state index contributed by atoms with van der Waals surface area (Å²) in [6, 6.07) is 10.7. The van der Waals surface area contributed by atoms with Crippen LogP contribution >= 0.6 is 0 Å². The number of pyridine rings is 1. The second kappa shape index (κ2) is 5.50. The van der Waals surface area contributed by atoms with E-state index in [0.717, 1.165) is 11.9 Å². The van der Waals surface area contributed by atoms with Gasteiger partial charge in [-0.3, -0.25) is 4.98 Å². The molecule has 0 spiro atoms. The van der Waals surface area contributed by atoms with Gasteiger partial charge in [0.15, 0.2) is 9.84 Å². The Balaban J connectivity index is 2.34. The van der Waals surface area contributed by atoms with Crippen molar-refractivity contribution in [2.75, 3.05) is 23.9 Å². The highest BCUT2D eigenvalue weighted by Gasteiger charge is 2.16. The summed E-state index contributed by atoms with van der Waals surface area (Å²) >= 11 is 0. The number of nitrogen functional groups attached to an aromatic ring is 1. The zero-order valence-corrected chi connectivity index (χ0v) is 12.3. The highest BCUT2D eigenvalue weighted by Crippen LogP contribution is 2.29. The molecule has 0 bridgehead atoms. The SMILES string of the molecule is CN(Cc1ccccn1)c1cccc(S(C)(=O)=O)c1N. The van der Waals surface area contributed by atoms with Crippen molar-refractivity contribution < 1.29 is 8.42 Å². The number of hydrogen-bond donors (Lipinski definition) is 1.